The summed E-state index contributed by atoms with van der Waals surface area (Å²) in [5, 5.41) is 16.0. The average molecular weight is 612 g/mol. The summed E-state index contributed by atoms with van der Waals surface area (Å²) in [4.78, 5) is 23.3. The minimum Gasteiger partial charge on any atom is -0.494 e. The van der Waals surface area contributed by atoms with Gasteiger partial charge in [0, 0.05) is 11.0 Å². The van der Waals surface area contributed by atoms with Crippen LogP contribution in [-0.4, -0.2) is 50.7 Å². The Morgan fingerprint density at radius 2 is 1.64 bits per heavy atom. The highest BCUT2D eigenvalue weighted by Crippen LogP contribution is 2.48. The zero-order valence-corrected chi connectivity index (χ0v) is 23.0. The Morgan fingerprint density at radius 1 is 1.00 bits per heavy atom. The highest BCUT2D eigenvalue weighted by Gasteiger charge is 2.45. The molecule has 0 atom stereocenters. The van der Waals surface area contributed by atoms with Gasteiger partial charge in [-0.3, -0.25) is 0 Å². The van der Waals surface area contributed by atoms with Crippen LogP contribution in [0.4, 0.5) is 30.8 Å². The van der Waals surface area contributed by atoms with Crippen molar-refractivity contribution in [2.24, 2.45) is 0 Å². The third-order valence-corrected chi connectivity index (χ3v) is 5.98. The number of hydrogen-bond donors (Lipinski definition) is 3. The van der Waals surface area contributed by atoms with Crippen molar-refractivity contribution >= 4 is 39.5 Å². The SMILES string of the molecule is CC.O=C(O)c1ccc(Nc2nc(NC3(c4ccc(OCCCBr)cc4)CC3)nc(OCC(F)(F)F)n2)cc1. The number of nitrogens with zero attached hydrogens (tertiary/aromatic N) is 3. The van der Waals surface area contributed by atoms with Gasteiger partial charge in [-0.2, -0.15) is 28.1 Å². The number of halogens is 4. The first-order valence-corrected chi connectivity index (χ1v) is 13.4. The van der Waals surface area contributed by atoms with E-state index in [0.29, 0.717) is 12.3 Å². The fourth-order valence-electron chi connectivity index (χ4n) is 3.44. The lowest BCUT2D eigenvalue weighted by molar-refractivity contribution is -0.154. The molecule has 9 nitrogen and oxygen atoms in total. The van der Waals surface area contributed by atoms with Crippen LogP contribution in [0.1, 0.15) is 49.0 Å². The first kappa shape index (κ1) is 29.9. The van der Waals surface area contributed by atoms with Crippen LogP contribution in [0, 0.1) is 0 Å². The van der Waals surface area contributed by atoms with Crippen molar-refractivity contribution in [1.82, 2.24) is 15.0 Å². The van der Waals surface area contributed by atoms with Gasteiger partial charge in [-0.1, -0.05) is 41.9 Å². The van der Waals surface area contributed by atoms with Crippen molar-refractivity contribution in [3.63, 3.8) is 0 Å². The summed E-state index contributed by atoms with van der Waals surface area (Å²) < 4.78 is 48.7. The van der Waals surface area contributed by atoms with E-state index >= 15 is 0 Å². The highest BCUT2D eigenvalue weighted by molar-refractivity contribution is 9.09. The van der Waals surface area contributed by atoms with Crippen LogP contribution in [0.2, 0.25) is 0 Å². The highest BCUT2D eigenvalue weighted by atomic mass is 79.9. The minimum absolute atomic E-state index is 0.0342. The smallest absolute Gasteiger partial charge is 0.422 e. The molecule has 13 heteroatoms. The molecular weight excluding hydrogens is 583 g/mol. The molecular formula is C26H29BrF3N5O4. The van der Waals surface area contributed by atoms with Crippen LogP contribution in [0.25, 0.3) is 0 Å². The number of carboxylic acid groups (broad SMARTS) is 1. The molecule has 1 fully saturated rings. The van der Waals surface area contributed by atoms with E-state index in [1.165, 1.54) is 24.3 Å². The number of carbonyl (C=O) groups is 1. The molecule has 0 spiro atoms. The largest absolute Gasteiger partial charge is 0.494 e. The fraction of sp³-hybridized carbons (Fsp3) is 0.385. The summed E-state index contributed by atoms with van der Waals surface area (Å²) in [6, 6.07) is 12.8. The molecule has 0 radical (unpaired) electrons. The maximum absolute atomic E-state index is 12.7. The van der Waals surface area contributed by atoms with Crippen LogP contribution >= 0.6 is 15.9 Å². The number of aromatic nitrogens is 3. The summed E-state index contributed by atoms with van der Waals surface area (Å²) in [5.74, 6) is -0.380. The molecule has 0 amide bonds. The van der Waals surface area contributed by atoms with Gasteiger partial charge in [-0.05, 0) is 61.2 Å². The third-order valence-electron chi connectivity index (χ3n) is 5.42. The lowest BCUT2D eigenvalue weighted by Gasteiger charge is -2.19. The molecule has 1 aromatic heterocycles. The van der Waals surface area contributed by atoms with E-state index in [0.717, 1.165) is 35.9 Å². The van der Waals surface area contributed by atoms with Gasteiger partial charge >= 0.3 is 18.2 Å². The maximum Gasteiger partial charge on any atom is 0.422 e. The summed E-state index contributed by atoms with van der Waals surface area (Å²) >= 11 is 3.36. The van der Waals surface area contributed by atoms with E-state index < -0.39 is 30.3 Å². The second kappa shape index (κ2) is 13.5. The average Bonchev–Trinajstić information content (AvgIpc) is 3.69. The van der Waals surface area contributed by atoms with Crippen molar-refractivity contribution in [3.05, 3.63) is 59.7 Å². The molecule has 3 N–H and O–H groups in total. The predicted molar refractivity (Wildman–Crippen MR) is 144 cm³/mol. The quantitative estimate of drug-likeness (QED) is 0.155. The minimum atomic E-state index is -4.57. The zero-order chi connectivity index (χ0) is 28.5. The van der Waals surface area contributed by atoms with Crippen LogP contribution in [0.3, 0.4) is 0 Å². The first-order valence-electron chi connectivity index (χ1n) is 12.3. The van der Waals surface area contributed by atoms with Crippen LogP contribution in [0.15, 0.2) is 48.5 Å². The first-order chi connectivity index (χ1) is 18.7. The van der Waals surface area contributed by atoms with E-state index in [2.05, 4.69) is 41.5 Å². The Balaban J connectivity index is 0.00000205. The molecule has 3 aromatic rings. The maximum atomic E-state index is 12.7. The molecule has 1 aliphatic carbocycles. The third kappa shape index (κ3) is 8.98. The molecule has 0 saturated heterocycles. The van der Waals surface area contributed by atoms with E-state index in [9.17, 15) is 18.0 Å². The second-order valence-corrected chi connectivity index (χ2v) is 9.09. The van der Waals surface area contributed by atoms with Crippen molar-refractivity contribution in [3.8, 4) is 11.8 Å². The van der Waals surface area contributed by atoms with Gasteiger partial charge in [-0.15, -0.1) is 0 Å². The van der Waals surface area contributed by atoms with Gasteiger partial charge in [0.25, 0.3) is 0 Å². The Hall–Kier alpha value is -3.61. The molecule has 0 unspecified atom stereocenters. The van der Waals surface area contributed by atoms with Crippen molar-refractivity contribution in [2.45, 2.75) is 44.8 Å². The van der Waals surface area contributed by atoms with E-state index in [-0.39, 0.29) is 17.5 Å². The molecule has 0 bridgehead atoms. The molecule has 39 heavy (non-hydrogen) atoms. The number of rotatable bonds is 12. The monoisotopic (exact) mass is 611 g/mol. The number of ether oxygens (including phenoxy) is 2. The molecule has 1 saturated carbocycles. The number of alkyl halides is 4. The normalized spacial score (nSPS) is 13.5. The molecule has 4 rings (SSSR count). The van der Waals surface area contributed by atoms with Gasteiger partial charge in [0.15, 0.2) is 6.61 Å². The summed E-state index contributed by atoms with van der Waals surface area (Å²) in [7, 11) is 0. The van der Waals surface area contributed by atoms with Crippen molar-refractivity contribution in [2.75, 3.05) is 29.2 Å². The predicted octanol–water partition coefficient (Wildman–Crippen LogP) is 6.55. The number of anilines is 3. The number of nitrogens with one attached hydrogen (secondary N) is 2. The van der Waals surface area contributed by atoms with Crippen LogP contribution < -0.4 is 20.1 Å². The molecule has 0 aliphatic heterocycles. The molecule has 210 valence electrons. The van der Waals surface area contributed by atoms with Gasteiger partial charge in [-0.25, -0.2) is 4.79 Å². The van der Waals surface area contributed by atoms with Crippen molar-refractivity contribution in [1.29, 1.82) is 0 Å². The standard InChI is InChI=1S/C24H23BrF3N5O4.C2H6/c25-12-1-13-36-18-8-4-16(5-9-18)23(10-11-23)33-21-30-20(31-22(32-21)37-14-24(26,27)28)29-17-6-2-15(3-7-17)19(34)35;1-2/h2-9H,1,10-14H2,(H,34,35)(H2,29,30,31,32,33);1-2H3. The molecule has 2 aromatic carbocycles. The topological polar surface area (TPSA) is 118 Å². The lowest BCUT2D eigenvalue weighted by atomic mass is 10.1. The summed E-state index contributed by atoms with van der Waals surface area (Å²) in [5.41, 5.74) is 0.975. The van der Waals surface area contributed by atoms with Crippen LogP contribution in [0.5, 0.6) is 11.8 Å². The summed E-state index contributed by atoms with van der Waals surface area (Å²) in [6.07, 6.45) is -2.16. The Kier molecular flexibility index (Phi) is 10.3. The van der Waals surface area contributed by atoms with Crippen molar-refractivity contribution < 1.29 is 32.5 Å². The number of benzene rings is 2. The van der Waals surface area contributed by atoms with E-state index in [4.69, 9.17) is 14.6 Å². The van der Waals surface area contributed by atoms with Gasteiger partial charge in [0.2, 0.25) is 11.9 Å². The number of aromatic carboxylic acids is 1. The number of carboxylic acids is 1. The molecule has 1 aliphatic rings. The van der Waals surface area contributed by atoms with Gasteiger partial charge in [0.1, 0.15) is 5.75 Å². The van der Waals surface area contributed by atoms with E-state index in [1.54, 1.807) is 0 Å². The Morgan fingerprint density at radius 3 is 2.21 bits per heavy atom. The fourth-order valence-corrected chi connectivity index (χ4v) is 3.67. The Bertz CT molecular complexity index is 1220. The van der Waals surface area contributed by atoms with Gasteiger partial charge in [0.05, 0.1) is 17.7 Å². The van der Waals surface area contributed by atoms with E-state index in [1.807, 2.05) is 38.1 Å². The molecule has 1 heterocycles. The summed E-state index contributed by atoms with van der Waals surface area (Å²) in [6.45, 7) is 3.03. The van der Waals surface area contributed by atoms with Gasteiger partial charge < -0.3 is 25.2 Å². The zero-order valence-electron chi connectivity index (χ0n) is 21.4. The second-order valence-electron chi connectivity index (χ2n) is 8.30. The Labute approximate surface area is 232 Å². The lowest BCUT2D eigenvalue weighted by Crippen LogP contribution is -2.23. The van der Waals surface area contributed by atoms with Crippen LogP contribution in [-0.2, 0) is 5.54 Å². The number of hydrogen-bond acceptors (Lipinski definition) is 8.